The molecule has 0 radical (unpaired) electrons. The maximum atomic E-state index is 3.89. The van der Waals surface area contributed by atoms with Crippen molar-refractivity contribution in [3.63, 3.8) is 0 Å². The van der Waals surface area contributed by atoms with Crippen molar-refractivity contribution >= 4 is 26.7 Å². The summed E-state index contributed by atoms with van der Waals surface area (Å²) in [6, 6.07) is 28.5. The Balaban J connectivity index is 1.69. The number of halogens is 1. The Kier molecular flexibility index (Phi) is 3.11. The molecule has 0 amide bonds. The molecule has 0 bridgehead atoms. The van der Waals surface area contributed by atoms with E-state index in [9.17, 15) is 0 Å². The minimum absolute atomic E-state index is 1.01. The number of hydrogen-bond donors (Lipinski definition) is 0. The monoisotopic (exact) mass is 370 g/mol. The molecule has 0 fully saturated rings. The van der Waals surface area contributed by atoms with Crippen LogP contribution < -0.4 is 0 Å². The van der Waals surface area contributed by atoms with Crippen LogP contribution in [-0.2, 0) is 6.42 Å². The Labute approximate surface area is 149 Å². The first-order valence-corrected chi connectivity index (χ1v) is 8.99. The van der Waals surface area contributed by atoms with Gasteiger partial charge in [0.1, 0.15) is 0 Å². The highest BCUT2D eigenvalue weighted by Crippen LogP contribution is 2.44. The number of hydrogen-bond acceptors (Lipinski definition) is 0. The third-order valence-corrected chi connectivity index (χ3v) is 5.88. The smallest absolute Gasteiger partial charge is 0.0295 e. The van der Waals surface area contributed by atoms with E-state index in [0.717, 1.165) is 6.42 Å². The summed E-state index contributed by atoms with van der Waals surface area (Å²) >= 11 is 3.89. The van der Waals surface area contributed by atoms with Crippen LogP contribution in [0.5, 0.6) is 0 Å². The van der Waals surface area contributed by atoms with Gasteiger partial charge in [-0.2, -0.15) is 0 Å². The van der Waals surface area contributed by atoms with E-state index in [1.807, 2.05) is 0 Å². The van der Waals surface area contributed by atoms with Gasteiger partial charge in [0, 0.05) is 4.47 Å². The summed E-state index contributed by atoms with van der Waals surface area (Å²) < 4.78 is 1.23. The van der Waals surface area contributed by atoms with Crippen LogP contribution in [0.1, 0.15) is 11.1 Å². The molecular formula is C23H15Br. The van der Waals surface area contributed by atoms with Crippen molar-refractivity contribution in [3.05, 3.63) is 94.5 Å². The minimum atomic E-state index is 1.01. The second-order valence-corrected chi connectivity index (χ2v) is 7.14. The van der Waals surface area contributed by atoms with Gasteiger partial charge in [-0.15, -0.1) is 0 Å². The number of fused-ring (bicyclic) bond motifs is 4. The lowest BCUT2D eigenvalue weighted by molar-refractivity contribution is 1.25. The van der Waals surface area contributed by atoms with Crippen molar-refractivity contribution in [2.24, 2.45) is 0 Å². The van der Waals surface area contributed by atoms with Gasteiger partial charge < -0.3 is 0 Å². The summed E-state index contributed by atoms with van der Waals surface area (Å²) in [6.07, 6.45) is 1.01. The second-order valence-electron chi connectivity index (χ2n) is 6.35. The molecule has 5 rings (SSSR count). The molecule has 0 nitrogen and oxygen atoms in total. The minimum Gasteiger partial charge on any atom is -0.0619 e. The van der Waals surface area contributed by atoms with Crippen molar-refractivity contribution in [2.75, 3.05) is 0 Å². The molecule has 0 saturated carbocycles. The molecular weight excluding hydrogens is 356 g/mol. The molecule has 1 heteroatoms. The van der Waals surface area contributed by atoms with E-state index in [1.165, 1.54) is 48.6 Å². The molecule has 0 aliphatic heterocycles. The Morgan fingerprint density at radius 2 is 1.38 bits per heavy atom. The van der Waals surface area contributed by atoms with E-state index >= 15 is 0 Å². The molecule has 1 aliphatic rings. The van der Waals surface area contributed by atoms with Crippen LogP contribution in [0.15, 0.2) is 83.3 Å². The van der Waals surface area contributed by atoms with Crippen LogP contribution in [0.2, 0.25) is 0 Å². The summed E-state index contributed by atoms with van der Waals surface area (Å²) in [4.78, 5) is 0. The van der Waals surface area contributed by atoms with Crippen molar-refractivity contribution in [1.82, 2.24) is 0 Å². The molecule has 0 unspecified atom stereocenters. The van der Waals surface area contributed by atoms with Gasteiger partial charge in [0.05, 0.1) is 0 Å². The van der Waals surface area contributed by atoms with Crippen LogP contribution in [0.4, 0.5) is 0 Å². The van der Waals surface area contributed by atoms with Crippen molar-refractivity contribution < 1.29 is 0 Å². The van der Waals surface area contributed by atoms with E-state index < -0.39 is 0 Å². The molecule has 1 aliphatic carbocycles. The zero-order valence-electron chi connectivity index (χ0n) is 13.1. The third-order valence-electron chi connectivity index (χ3n) is 4.98. The molecule has 0 atom stereocenters. The molecule has 0 N–H and O–H groups in total. The van der Waals surface area contributed by atoms with Gasteiger partial charge in [0.2, 0.25) is 0 Å². The summed E-state index contributed by atoms with van der Waals surface area (Å²) in [5.74, 6) is 0. The molecule has 4 aromatic rings. The van der Waals surface area contributed by atoms with Gasteiger partial charge in [-0.25, -0.2) is 0 Å². The van der Waals surface area contributed by atoms with Crippen LogP contribution in [-0.4, -0.2) is 0 Å². The maximum absolute atomic E-state index is 3.89. The van der Waals surface area contributed by atoms with E-state index in [2.05, 4.69) is 94.8 Å². The molecule has 0 heterocycles. The highest BCUT2D eigenvalue weighted by Gasteiger charge is 2.22. The first-order valence-electron chi connectivity index (χ1n) is 8.20. The van der Waals surface area contributed by atoms with Gasteiger partial charge in [0.15, 0.2) is 0 Å². The zero-order valence-corrected chi connectivity index (χ0v) is 14.7. The topological polar surface area (TPSA) is 0 Å². The summed E-state index contributed by atoms with van der Waals surface area (Å²) in [5, 5.41) is 2.57. The number of rotatable bonds is 1. The Morgan fingerprint density at radius 3 is 2.29 bits per heavy atom. The van der Waals surface area contributed by atoms with Crippen molar-refractivity contribution in [1.29, 1.82) is 0 Å². The lowest BCUT2D eigenvalue weighted by atomic mass is 9.97. The predicted molar refractivity (Wildman–Crippen MR) is 105 cm³/mol. The van der Waals surface area contributed by atoms with Gasteiger partial charge in [-0.05, 0) is 72.6 Å². The largest absolute Gasteiger partial charge is 0.0619 e. The molecule has 0 aromatic heterocycles. The van der Waals surface area contributed by atoms with Gasteiger partial charge in [-0.3, -0.25) is 0 Å². The van der Waals surface area contributed by atoms with E-state index in [4.69, 9.17) is 0 Å². The van der Waals surface area contributed by atoms with Gasteiger partial charge >= 0.3 is 0 Å². The van der Waals surface area contributed by atoms with Crippen LogP contribution >= 0.6 is 15.9 Å². The summed E-state index contributed by atoms with van der Waals surface area (Å²) in [7, 11) is 0. The lowest BCUT2D eigenvalue weighted by Crippen LogP contribution is -1.88. The average Bonchev–Trinajstić information content (AvgIpc) is 3.01. The molecule has 0 saturated heterocycles. The third kappa shape index (κ3) is 2.05. The Hall–Kier alpha value is -2.38. The fraction of sp³-hybridized carbons (Fsp3) is 0.0435. The van der Waals surface area contributed by atoms with Crippen LogP contribution in [0.3, 0.4) is 0 Å². The highest BCUT2D eigenvalue weighted by atomic mass is 79.9. The zero-order chi connectivity index (χ0) is 16.1. The Bertz CT molecular complexity index is 1090. The fourth-order valence-electron chi connectivity index (χ4n) is 3.75. The van der Waals surface area contributed by atoms with Crippen LogP contribution in [0.25, 0.3) is 33.0 Å². The predicted octanol–water partition coefficient (Wildman–Crippen LogP) is 6.84. The molecule has 24 heavy (non-hydrogen) atoms. The van der Waals surface area contributed by atoms with Crippen LogP contribution in [0, 0.1) is 0 Å². The lowest BCUT2D eigenvalue weighted by Gasteiger charge is -2.11. The number of benzene rings is 4. The molecule has 114 valence electrons. The van der Waals surface area contributed by atoms with Crippen molar-refractivity contribution in [3.8, 4) is 22.3 Å². The summed E-state index contributed by atoms with van der Waals surface area (Å²) in [6.45, 7) is 0. The van der Waals surface area contributed by atoms with E-state index in [0.29, 0.717) is 0 Å². The van der Waals surface area contributed by atoms with E-state index in [1.54, 1.807) is 0 Å². The maximum Gasteiger partial charge on any atom is 0.0295 e. The first-order chi connectivity index (χ1) is 11.8. The fourth-order valence-corrected chi connectivity index (χ4v) is 4.47. The van der Waals surface area contributed by atoms with Crippen molar-refractivity contribution in [2.45, 2.75) is 6.42 Å². The van der Waals surface area contributed by atoms with Gasteiger partial charge in [0.25, 0.3) is 0 Å². The first kappa shape index (κ1) is 14.0. The average molecular weight is 371 g/mol. The summed E-state index contributed by atoms with van der Waals surface area (Å²) in [5.41, 5.74) is 8.10. The van der Waals surface area contributed by atoms with Gasteiger partial charge in [-0.1, -0.05) is 72.8 Å². The second kappa shape index (κ2) is 5.32. The normalized spacial score (nSPS) is 12.2. The van der Waals surface area contributed by atoms with E-state index in [-0.39, 0.29) is 0 Å². The SMILES string of the molecule is Brc1c(-c2ccc3ccccc3c2)ccc2c1Cc1ccccc1-2. The standard InChI is InChI=1S/C23H15Br/c24-23-20(18-10-9-15-5-1-2-6-16(15)13-18)11-12-21-19-8-4-3-7-17(19)14-22(21)23/h1-13H,14H2. The molecule has 0 spiro atoms. The Morgan fingerprint density at radius 1 is 0.625 bits per heavy atom. The highest BCUT2D eigenvalue weighted by molar-refractivity contribution is 9.10. The quantitative estimate of drug-likeness (QED) is 0.303. The molecule has 4 aromatic carbocycles.